The van der Waals surface area contributed by atoms with Gasteiger partial charge in [-0.3, -0.25) is 9.59 Å². The Morgan fingerprint density at radius 2 is 1.52 bits per heavy atom. The average molecular weight is 355 g/mol. The van der Waals surface area contributed by atoms with Gasteiger partial charge in [0.05, 0.1) is 0 Å². The van der Waals surface area contributed by atoms with Crippen LogP contribution in [0.15, 0.2) is 72.8 Å². The summed E-state index contributed by atoms with van der Waals surface area (Å²) in [6.07, 6.45) is 0.947. The number of fused-ring (bicyclic) bond motifs is 3. The van der Waals surface area contributed by atoms with Crippen LogP contribution in [0.5, 0.6) is 0 Å². The predicted molar refractivity (Wildman–Crippen MR) is 107 cm³/mol. The lowest BCUT2D eigenvalue weighted by molar-refractivity contribution is 0.0951. The Morgan fingerprint density at radius 1 is 0.852 bits per heavy atom. The van der Waals surface area contributed by atoms with Gasteiger partial charge in [-0.1, -0.05) is 67.6 Å². The summed E-state index contributed by atoms with van der Waals surface area (Å²) in [5.74, 6) is 0.123. The van der Waals surface area contributed by atoms with E-state index in [4.69, 9.17) is 0 Å². The largest absolute Gasteiger partial charge is 0.351 e. The number of rotatable bonds is 5. The van der Waals surface area contributed by atoms with Gasteiger partial charge in [-0.2, -0.15) is 0 Å². The number of benzene rings is 3. The van der Waals surface area contributed by atoms with Crippen molar-refractivity contribution in [3.8, 4) is 11.1 Å². The van der Waals surface area contributed by atoms with Gasteiger partial charge in [-0.15, -0.1) is 0 Å². The van der Waals surface area contributed by atoms with E-state index < -0.39 is 0 Å². The minimum absolute atomic E-state index is 0.00836. The molecule has 0 bridgehead atoms. The van der Waals surface area contributed by atoms with Crippen molar-refractivity contribution in [3.05, 3.63) is 95.1 Å². The molecule has 3 nitrogen and oxygen atoms in total. The highest BCUT2D eigenvalue weighted by Gasteiger charge is 2.27. The molecule has 0 aliphatic heterocycles. The topological polar surface area (TPSA) is 46.2 Å². The van der Waals surface area contributed by atoms with Crippen LogP contribution < -0.4 is 5.32 Å². The SMILES string of the molecule is CCC(CNC(=O)c1ccc2c(c1)C(=O)c1ccccc1-2)c1ccccc1. The maximum absolute atomic E-state index is 12.7. The average Bonchev–Trinajstić information content (AvgIpc) is 3.01. The molecule has 0 aromatic heterocycles. The normalized spacial score (nSPS) is 13.0. The van der Waals surface area contributed by atoms with Gasteiger partial charge in [-0.25, -0.2) is 0 Å². The number of carbonyl (C=O) groups is 2. The zero-order valence-electron chi connectivity index (χ0n) is 15.2. The molecule has 3 aromatic rings. The lowest BCUT2D eigenvalue weighted by Gasteiger charge is -2.16. The second-order valence-electron chi connectivity index (χ2n) is 6.86. The maximum Gasteiger partial charge on any atom is 0.251 e. The monoisotopic (exact) mass is 355 g/mol. The molecule has 0 radical (unpaired) electrons. The quantitative estimate of drug-likeness (QED) is 0.558. The van der Waals surface area contributed by atoms with Crippen molar-refractivity contribution in [2.24, 2.45) is 0 Å². The number of hydrogen-bond acceptors (Lipinski definition) is 2. The number of nitrogens with one attached hydrogen (secondary N) is 1. The molecule has 134 valence electrons. The smallest absolute Gasteiger partial charge is 0.251 e. The standard InChI is InChI=1S/C24H21NO2/c1-2-16(17-8-4-3-5-9-17)15-25-24(27)18-12-13-20-19-10-6-7-11-21(19)23(26)22(20)14-18/h3-14,16H,2,15H2,1H3,(H,25,27). The molecule has 1 unspecified atom stereocenters. The van der Waals surface area contributed by atoms with E-state index in [0.717, 1.165) is 17.5 Å². The van der Waals surface area contributed by atoms with E-state index in [9.17, 15) is 9.59 Å². The molecule has 0 saturated heterocycles. The first-order valence-electron chi connectivity index (χ1n) is 9.30. The van der Waals surface area contributed by atoms with Crippen LogP contribution in [0.25, 0.3) is 11.1 Å². The zero-order valence-corrected chi connectivity index (χ0v) is 15.2. The fourth-order valence-corrected chi connectivity index (χ4v) is 3.71. The molecule has 0 fully saturated rings. The molecule has 1 amide bonds. The summed E-state index contributed by atoms with van der Waals surface area (Å²) in [7, 11) is 0. The molecule has 1 aliphatic rings. The fourth-order valence-electron chi connectivity index (χ4n) is 3.71. The highest BCUT2D eigenvalue weighted by molar-refractivity contribution is 6.22. The van der Waals surface area contributed by atoms with Gasteiger partial charge in [0, 0.05) is 29.2 Å². The molecule has 27 heavy (non-hydrogen) atoms. The van der Waals surface area contributed by atoms with Gasteiger partial charge < -0.3 is 5.32 Å². The van der Waals surface area contributed by atoms with E-state index in [1.54, 1.807) is 12.1 Å². The third-order valence-corrected chi connectivity index (χ3v) is 5.26. The van der Waals surface area contributed by atoms with E-state index in [0.29, 0.717) is 23.2 Å². The van der Waals surface area contributed by atoms with Crippen molar-refractivity contribution >= 4 is 11.7 Å². The number of hydrogen-bond donors (Lipinski definition) is 1. The minimum atomic E-state index is -0.143. The van der Waals surface area contributed by atoms with Crippen LogP contribution in [0.1, 0.15) is 51.1 Å². The van der Waals surface area contributed by atoms with E-state index >= 15 is 0 Å². The van der Waals surface area contributed by atoms with Crippen molar-refractivity contribution in [2.45, 2.75) is 19.3 Å². The van der Waals surface area contributed by atoms with Crippen LogP contribution in [-0.4, -0.2) is 18.2 Å². The van der Waals surface area contributed by atoms with Crippen molar-refractivity contribution in [2.75, 3.05) is 6.54 Å². The van der Waals surface area contributed by atoms with Gasteiger partial charge in [-0.05, 0) is 35.2 Å². The second-order valence-corrected chi connectivity index (χ2v) is 6.86. The van der Waals surface area contributed by atoms with E-state index in [1.165, 1.54) is 5.56 Å². The maximum atomic E-state index is 12.7. The Kier molecular flexibility index (Phi) is 4.59. The van der Waals surface area contributed by atoms with E-state index in [2.05, 4.69) is 24.4 Å². The third kappa shape index (κ3) is 3.17. The van der Waals surface area contributed by atoms with Crippen LogP contribution in [0, 0.1) is 0 Å². The predicted octanol–water partition coefficient (Wildman–Crippen LogP) is 4.82. The molecular formula is C24H21NO2. The Labute approximate surface area is 159 Å². The minimum Gasteiger partial charge on any atom is -0.351 e. The first-order chi connectivity index (χ1) is 13.2. The van der Waals surface area contributed by atoms with Gasteiger partial charge in [0.25, 0.3) is 5.91 Å². The first-order valence-corrected chi connectivity index (χ1v) is 9.30. The van der Waals surface area contributed by atoms with Gasteiger partial charge in [0.15, 0.2) is 5.78 Å². The lowest BCUT2D eigenvalue weighted by Crippen LogP contribution is -2.28. The number of amides is 1. The van der Waals surface area contributed by atoms with E-state index in [-0.39, 0.29) is 17.6 Å². The van der Waals surface area contributed by atoms with Crippen LogP contribution in [0.2, 0.25) is 0 Å². The molecule has 1 N–H and O–H groups in total. The van der Waals surface area contributed by atoms with Crippen LogP contribution in [0.4, 0.5) is 0 Å². The van der Waals surface area contributed by atoms with Crippen molar-refractivity contribution < 1.29 is 9.59 Å². The molecule has 0 saturated carbocycles. The Balaban J connectivity index is 1.52. The highest BCUT2D eigenvalue weighted by atomic mass is 16.1. The molecular weight excluding hydrogens is 334 g/mol. The Hall–Kier alpha value is -3.20. The van der Waals surface area contributed by atoms with Crippen molar-refractivity contribution in [1.82, 2.24) is 5.32 Å². The van der Waals surface area contributed by atoms with Crippen LogP contribution in [-0.2, 0) is 0 Å². The molecule has 4 rings (SSSR count). The van der Waals surface area contributed by atoms with Gasteiger partial charge in [0.1, 0.15) is 0 Å². The summed E-state index contributed by atoms with van der Waals surface area (Å²) in [4.78, 5) is 25.3. The molecule has 0 spiro atoms. The molecule has 1 aliphatic carbocycles. The first kappa shape index (κ1) is 17.2. The second kappa shape index (κ2) is 7.20. The van der Waals surface area contributed by atoms with Crippen molar-refractivity contribution in [1.29, 1.82) is 0 Å². The molecule has 0 heterocycles. The molecule has 3 heteroatoms. The number of carbonyl (C=O) groups excluding carboxylic acids is 2. The summed E-state index contributed by atoms with van der Waals surface area (Å²) in [5, 5.41) is 3.03. The summed E-state index contributed by atoms with van der Waals surface area (Å²) in [6.45, 7) is 2.69. The third-order valence-electron chi connectivity index (χ3n) is 5.26. The summed E-state index contributed by atoms with van der Waals surface area (Å²) < 4.78 is 0. The summed E-state index contributed by atoms with van der Waals surface area (Å²) in [5.41, 5.74) is 4.92. The van der Waals surface area contributed by atoms with Gasteiger partial charge >= 0.3 is 0 Å². The van der Waals surface area contributed by atoms with Gasteiger partial charge in [0.2, 0.25) is 0 Å². The summed E-state index contributed by atoms with van der Waals surface area (Å²) >= 11 is 0. The van der Waals surface area contributed by atoms with E-state index in [1.807, 2.05) is 48.5 Å². The number of ketones is 1. The Morgan fingerprint density at radius 3 is 2.26 bits per heavy atom. The van der Waals surface area contributed by atoms with Crippen molar-refractivity contribution in [3.63, 3.8) is 0 Å². The highest BCUT2D eigenvalue weighted by Crippen LogP contribution is 2.36. The van der Waals surface area contributed by atoms with Crippen LogP contribution in [0.3, 0.4) is 0 Å². The molecule has 1 atom stereocenters. The summed E-state index contributed by atoms with van der Waals surface area (Å²) in [6, 6.07) is 23.2. The Bertz CT molecular complexity index is 1010. The van der Waals surface area contributed by atoms with Crippen LogP contribution >= 0.6 is 0 Å². The lowest BCUT2D eigenvalue weighted by atomic mass is 9.96. The molecule has 3 aromatic carbocycles. The fraction of sp³-hybridized carbons (Fsp3) is 0.167. The zero-order chi connectivity index (χ0) is 18.8.